The van der Waals surface area contributed by atoms with Crippen LogP contribution in [0.2, 0.25) is 0 Å². The fourth-order valence-corrected chi connectivity index (χ4v) is 2.47. The highest BCUT2D eigenvalue weighted by atomic mass is 15.3. The molecule has 0 radical (unpaired) electrons. The predicted octanol–water partition coefficient (Wildman–Crippen LogP) is 2.27. The molecule has 1 heterocycles. The Hall–Kier alpha value is -0.0400. The van der Waals surface area contributed by atoms with Gasteiger partial charge in [-0.1, -0.05) is 6.92 Å². The van der Waals surface area contributed by atoms with Crippen molar-refractivity contribution in [3.63, 3.8) is 0 Å². The summed E-state index contributed by atoms with van der Waals surface area (Å²) in [6.07, 6.45) is 2.87. The summed E-state index contributed by atoms with van der Waals surface area (Å²) in [6.45, 7) is 10.7. The van der Waals surface area contributed by atoms with Gasteiger partial charge in [0.05, 0.1) is 0 Å². The van der Waals surface area contributed by atoms with Crippen LogP contribution in [0.4, 0.5) is 0 Å². The molecule has 1 aliphatic carbocycles. The molecule has 0 N–H and O–H groups in total. The molecule has 0 unspecified atom stereocenters. The Balaban J connectivity index is 2.10. The van der Waals surface area contributed by atoms with Gasteiger partial charge in [0.1, 0.15) is 0 Å². The third-order valence-corrected chi connectivity index (χ3v) is 3.47. The second kappa shape index (κ2) is 1.82. The average molecular weight is 153 g/mol. The molecule has 11 heavy (non-hydrogen) atoms. The molecular formula is C10H19N. The summed E-state index contributed by atoms with van der Waals surface area (Å²) in [5.74, 6) is 0. The Morgan fingerprint density at radius 1 is 1.36 bits per heavy atom. The van der Waals surface area contributed by atoms with E-state index in [1.807, 2.05) is 0 Å². The van der Waals surface area contributed by atoms with Crippen molar-refractivity contribution in [2.45, 2.75) is 52.1 Å². The molecule has 64 valence electrons. The Labute approximate surface area is 69.8 Å². The molecule has 0 amide bonds. The quantitative estimate of drug-likeness (QED) is 0.516. The van der Waals surface area contributed by atoms with Gasteiger partial charge in [0.15, 0.2) is 0 Å². The Kier molecular flexibility index (Phi) is 1.26. The van der Waals surface area contributed by atoms with Crippen molar-refractivity contribution in [3.05, 3.63) is 0 Å². The van der Waals surface area contributed by atoms with Crippen LogP contribution in [0.25, 0.3) is 0 Å². The molecule has 2 aliphatic rings. The topological polar surface area (TPSA) is 3.24 Å². The molecule has 1 nitrogen and oxygen atoms in total. The standard InChI is InChI=1S/C10H19N/c1-9(2,3)11-6-5-10(4)7-8(10)11/h8H,5-7H2,1-4H3/t8-,10+/m0/s1. The lowest BCUT2D eigenvalue weighted by atomic mass is 10.1. The van der Waals surface area contributed by atoms with E-state index in [9.17, 15) is 0 Å². The molecule has 0 aromatic rings. The zero-order chi connectivity index (χ0) is 8.28. The van der Waals surface area contributed by atoms with Crippen molar-refractivity contribution in [2.75, 3.05) is 6.54 Å². The SMILES string of the molecule is CC(C)(C)N1CC[C@]2(C)C[C@H]12. The van der Waals surface area contributed by atoms with Crippen LogP contribution >= 0.6 is 0 Å². The first kappa shape index (κ1) is 7.60. The molecule has 0 spiro atoms. The first-order chi connectivity index (χ1) is 4.93. The van der Waals surface area contributed by atoms with Crippen LogP contribution in [0.15, 0.2) is 0 Å². The van der Waals surface area contributed by atoms with E-state index in [1.165, 1.54) is 19.4 Å². The number of rotatable bonds is 0. The number of hydrogen-bond acceptors (Lipinski definition) is 1. The number of piperidine rings is 1. The lowest BCUT2D eigenvalue weighted by molar-refractivity contribution is 0.149. The van der Waals surface area contributed by atoms with Crippen molar-refractivity contribution in [2.24, 2.45) is 5.41 Å². The molecule has 1 heteroatoms. The van der Waals surface area contributed by atoms with Crippen molar-refractivity contribution >= 4 is 0 Å². The summed E-state index contributed by atoms with van der Waals surface area (Å²) >= 11 is 0. The molecule has 0 bridgehead atoms. The van der Waals surface area contributed by atoms with Gasteiger partial charge in [-0.25, -0.2) is 0 Å². The van der Waals surface area contributed by atoms with E-state index in [2.05, 4.69) is 32.6 Å². The zero-order valence-electron chi connectivity index (χ0n) is 8.15. The minimum atomic E-state index is 0.402. The Morgan fingerprint density at radius 3 is 2.18 bits per heavy atom. The van der Waals surface area contributed by atoms with Crippen LogP contribution in [-0.4, -0.2) is 23.0 Å². The van der Waals surface area contributed by atoms with Gasteiger partial charge in [-0.15, -0.1) is 0 Å². The van der Waals surface area contributed by atoms with Crippen LogP contribution in [0.3, 0.4) is 0 Å². The van der Waals surface area contributed by atoms with Crippen molar-refractivity contribution < 1.29 is 0 Å². The van der Waals surface area contributed by atoms with Gasteiger partial charge in [-0.2, -0.15) is 0 Å². The summed E-state index contributed by atoms with van der Waals surface area (Å²) in [5, 5.41) is 0. The fraction of sp³-hybridized carbons (Fsp3) is 1.00. The van der Waals surface area contributed by atoms with Gasteiger partial charge in [-0.3, -0.25) is 4.90 Å². The predicted molar refractivity (Wildman–Crippen MR) is 47.6 cm³/mol. The highest BCUT2D eigenvalue weighted by Crippen LogP contribution is 2.58. The lowest BCUT2D eigenvalue weighted by Gasteiger charge is -2.33. The van der Waals surface area contributed by atoms with Crippen LogP contribution in [0, 0.1) is 5.41 Å². The Morgan fingerprint density at radius 2 is 2.00 bits per heavy atom. The minimum absolute atomic E-state index is 0.402. The molecular weight excluding hydrogens is 134 g/mol. The van der Waals surface area contributed by atoms with E-state index in [-0.39, 0.29) is 0 Å². The zero-order valence-corrected chi connectivity index (χ0v) is 8.15. The average Bonchev–Trinajstić information content (AvgIpc) is 2.32. The maximum Gasteiger partial charge on any atom is 0.0161 e. The maximum atomic E-state index is 2.67. The third-order valence-electron chi connectivity index (χ3n) is 3.47. The number of fused-ring (bicyclic) bond motifs is 1. The largest absolute Gasteiger partial charge is 0.295 e. The molecule has 1 saturated heterocycles. The first-order valence-electron chi connectivity index (χ1n) is 4.70. The van der Waals surface area contributed by atoms with E-state index in [0.717, 1.165) is 6.04 Å². The molecule has 2 rings (SSSR count). The molecule has 1 aliphatic heterocycles. The van der Waals surface area contributed by atoms with E-state index in [1.54, 1.807) is 0 Å². The monoisotopic (exact) mass is 153 g/mol. The van der Waals surface area contributed by atoms with Gasteiger partial charge >= 0.3 is 0 Å². The molecule has 0 aromatic heterocycles. The van der Waals surface area contributed by atoms with Crippen molar-refractivity contribution in [1.82, 2.24) is 4.90 Å². The van der Waals surface area contributed by atoms with E-state index < -0.39 is 0 Å². The van der Waals surface area contributed by atoms with Crippen LogP contribution in [-0.2, 0) is 0 Å². The first-order valence-corrected chi connectivity index (χ1v) is 4.70. The van der Waals surface area contributed by atoms with E-state index >= 15 is 0 Å². The Bertz CT molecular complexity index is 180. The summed E-state index contributed by atoms with van der Waals surface area (Å²) in [4.78, 5) is 2.67. The van der Waals surface area contributed by atoms with Crippen LogP contribution < -0.4 is 0 Å². The second-order valence-corrected chi connectivity index (χ2v) is 5.49. The van der Waals surface area contributed by atoms with Gasteiger partial charge in [0.2, 0.25) is 0 Å². The van der Waals surface area contributed by atoms with Gasteiger partial charge in [0.25, 0.3) is 0 Å². The smallest absolute Gasteiger partial charge is 0.0161 e. The van der Waals surface area contributed by atoms with Crippen LogP contribution in [0.5, 0.6) is 0 Å². The lowest BCUT2D eigenvalue weighted by Crippen LogP contribution is -2.41. The molecule has 2 fully saturated rings. The second-order valence-electron chi connectivity index (χ2n) is 5.49. The van der Waals surface area contributed by atoms with E-state index in [4.69, 9.17) is 0 Å². The van der Waals surface area contributed by atoms with Crippen molar-refractivity contribution in [1.29, 1.82) is 0 Å². The molecule has 1 saturated carbocycles. The highest BCUT2D eigenvalue weighted by molar-refractivity contribution is 5.13. The summed E-state index contributed by atoms with van der Waals surface area (Å²) in [5.41, 5.74) is 1.12. The van der Waals surface area contributed by atoms with Crippen LogP contribution in [0.1, 0.15) is 40.5 Å². The normalized spacial score (nSPS) is 44.2. The number of nitrogens with zero attached hydrogens (tertiary/aromatic N) is 1. The molecule has 2 atom stereocenters. The summed E-state index contributed by atoms with van der Waals surface area (Å²) < 4.78 is 0. The highest BCUT2D eigenvalue weighted by Gasteiger charge is 2.59. The number of likely N-dealkylation sites (tertiary alicyclic amines) is 1. The summed E-state index contributed by atoms with van der Waals surface area (Å²) in [6, 6.07) is 0.919. The minimum Gasteiger partial charge on any atom is -0.295 e. The summed E-state index contributed by atoms with van der Waals surface area (Å²) in [7, 11) is 0. The molecule has 0 aromatic carbocycles. The van der Waals surface area contributed by atoms with Crippen molar-refractivity contribution in [3.8, 4) is 0 Å². The van der Waals surface area contributed by atoms with Gasteiger partial charge in [0, 0.05) is 11.6 Å². The third kappa shape index (κ3) is 1.01. The number of hydrogen-bond donors (Lipinski definition) is 0. The van der Waals surface area contributed by atoms with Gasteiger partial charge < -0.3 is 0 Å². The maximum absolute atomic E-state index is 2.67. The van der Waals surface area contributed by atoms with Gasteiger partial charge in [-0.05, 0) is 45.6 Å². The fourth-order valence-electron chi connectivity index (χ4n) is 2.47. The van der Waals surface area contributed by atoms with E-state index in [0.29, 0.717) is 11.0 Å².